The predicted molar refractivity (Wildman–Crippen MR) is 133 cm³/mol. The van der Waals surface area contributed by atoms with Gasteiger partial charge in [-0.1, -0.05) is 6.58 Å². The molecule has 0 aromatic heterocycles. The third kappa shape index (κ3) is 8.88. The summed E-state index contributed by atoms with van der Waals surface area (Å²) in [5.41, 5.74) is 0.834. The van der Waals surface area contributed by atoms with E-state index in [0.717, 1.165) is 63.5 Å². The van der Waals surface area contributed by atoms with Crippen molar-refractivity contribution >= 4 is 17.9 Å². The summed E-state index contributed by atoms with van der Waals surface area (Å²) < 4.78 is 56.0. The first kappa shape index (κ1) is 29.7. The molecule has 2 saturated carbocycles. The molecule has 0 spiro atoms. The molecule has 1 aromatic carbocycles. The molecule has 6 nitrogen and oxygen atoms in total. The number of benzene rings is 1. The van der Waals surface area contributed by atoms with Gasteiger partial charge in [0.2, 0.25) is 0 Å². The highest BCUT2D eigenvalue weighted by atomic mass is 19.2. The number of carbonyl (C=O) groups is 3. The van der Waals surface area contributed by atoms with Crippen molar-refractivity contribution in [3.8, 4) is 0 Å². The maximum Gasteiger partial charge on any atom is 0.333 e. The first-order chi connectivity index (χ1) is 18.1. The lowest BCUT2D eigenvalue weighted by Gasteiger charge is -2.37. The van der Waals surface area contributed by atoms with E-state index < -0.39 is 35.4 Å². The van der Waals surface area contributed by atoms with Gasteiger partial charge in [-0.2, -0.15) is 0 Å². The average Bonchev–Trinajstić information content (AvgIpc) is 2.90. The number of hydrogen-bond donors (Lipinski definition) is 0. The maximum atomic E-state index is 13.6. The van der Waals surface area contributed by atoms with Crippen molar-refractivity contribution in [3.63, 3.8) is 0 Å². The van der Waals surface area contributed by atoms with Crippen LogP contribution in [0.25, 0.3) is 0 Å². The van der Waals surface area contributed by atoms with E-state index in [9.17, 15) is 27.6 Å². The maximum absolute atomic E-state index is 13.6. The smallest absolute Gasteiger partial charge is 0.333 e. The number of halogens is 3. The molecule has 38 heavy (non-hydrogen) atoms. The number of esters is 3. The third-order valence-corrected chi connectivity index (χ3v) is 7.60. The van der Waals surface area contributed by atoms with E-state index >= 15 is 0 Å². The summed E-state index contributed by atoms with van der Waals surface area (Å²) in [6.45, 7) is 5.25. The van der Waals surface area contributed by atoms with E-state index in [4.69, 9.17) is 14.2 Å². The Morgan fingerprint density at radius 3 is 1.92 bits per heavy atom. The number of ether oxygens (including phenoxy) is 3. The van der Waals surface area contributed by atoms with Gasteiger partial charge in [-0.25, -0.2) is 18.0 Å². The van der Waals surface area contributed by atoms with Crippen molar-refractivity contribution in [1.29, 1.82) is 0 Å². The topological polar surface area (TPSA) is 78.9 Å². The Kier molecular flexibility index (Phi) is 11.2. The number of carbonyl (C=O) groups excluding carboxylic acids is 3. The fourth-order valence-electron chi connectivity index (χ4n) is 5.47. The van der Waals surface area contributed by atoms with Crippen LogP contribution in [0.5, 0.6) is 0 Å². The molecule has 210 valence electrons. The molecular weight excluding hydrogens is 501 g/mol. The summed E-state index contributed by atoms with van der Waals surface area (Å²) >= 11 is 0. The molecule has 9 heteroatoms. The summed E-state index contributed by atoms with van der Waals surface area (Å²) in [5.74, 6) is -4.00. The van der Waals surface area contributed by atoms with Gasteiger partial charge < -0.3 is 14.2 Å². The predicted octanol–water partition coefficient (Wildman–Crippen LogP) is 6.31. The fourth-order valence-corrected chi connectivity index (χ4v) is 5.47. The summed E-state index contributed by atoms with van der Waals surface area (Å²) in [6, 6.07) is 2.24. The van der Waals surface area contributed by atoms with Crippen molar-refractivity contribution in [2.24, 2.45) is 11.8 Å². The molecule has 0 amide bonds. The Morgan fingerprint density at radius 1 is 0.816 bits per heavy atom. The van der Waals surface area contributed by atoms with Crippen LogP contribution in [-0.2, 0) is 28.6 Å². The van der Waals surface area contributed by atoms with Crippen LogP contribution in [0.2, 0.25) is 0 Å². The Hall–Kier alpha value is -2.84. The Morgan fingerprint density at radius 2 is 1.34 bits per heavy atom. The van der Waals surface area contributed by atoms with Crippen molar-refractivity contribution in [2.75, 3.05) is 13.2 Å². The van der Waals surface area contributed by atoms with E-state index in [2.05, 4.69) is 6.58 Å². The van der Waals surface area contributed by atoms with Gasteiger partial charge in [-0.15, -0.1) is 0 Å². The second kappa shape index (κ2) is 14.4. The van der Waals surface area contributed by atoms with Gasteiger partial charge >= 0.3 is 17.9 Å². The first-order valence-electron chi connectivity index (χ1n) is 13.5. The quantitative estimate of drug-likeness (QED) is 0.108. The minimum atomic E-state index is -1.42. The van der Waals surface area contributed by atoms with Crippen LogP contribution in [0.3, 0.4) is 0 Å². The van der Waals surface area contributed by atoms with Crippen LogP contribution >= 0.6 is 0 Å². The van der Waals surface area contributed by atoms with Gasteiger partial charge in [0, 0.05) is 12.0 Å². The standard InChI is InChI=1S/C29H37F3O6/c1-18(2)29(35)37-15-3-14-36-26(33)12-13-27(34)38-23-10-8-20(9-11-23)19-4-6-21(7-5-19)22-16-24(30)28(32)25(31)17-22/h16-17,19-21,23H,1,3-15H2,2H3. The monoisotopic (exact) mass is 538 g/mol. The zero-order valence-electron chi connectivity index (χ0n) is 21.9. The molecule has 0 atom stereocenters. The lowest BCUT2D eigenvalue weighted by molar-refractivity contribution is -0.155. The molecule has 0 unspecified atom stereocenters. The molecule has 0 radical (unpaired) electrons. The normalized spacial score (nSPS) is 23.4. The van der Waals surface area contributed by atoms with E-state index in [-0.39, 0.29) is 38.1 Å². The van der Waals surface area contributed by atoms with E-state index in [1.807, 2.05) is 0 Å². The number of hydrogen-bond acceptors (Lipinski definition) is 6. The Bertz CT molecular complexity index is 971. The van der Waals surface area contributed by atoms with Gasteiger partial charge in [0.25, 0.3) is 0 Å². The lowest BCUT2D eigenvalue weighted by atomic mass is 9.69. The zero-order valence-corrected chi connectivity index (χ0v) is 21.9. The molecule has 0 heterocycles. The second-order valence-corrected chi connectivity index (χ2v) is 10.4. The van der Waals surface area contributed by atoms with Crippen molar-refractivity contribution < 1.29 is 41.8 Å². The van der Waals surface area contributed by atoms with Gasteiger partial charge in [-0.3, -0.25) is 9.59 Å². The highest BCUT2D eigenvalue weighted by molar-refractivity contribution is 5.86. The molecule has 0 aliphatic heterocycles. The molecule has 3 rings (SSSR count). The fraction of sp³-hybridized carbons (Fsp3) is 0.621. The molecule has 2 fully saturated rings. The molecule has 1 aromatic rings. The molecule has 0 bridgehead atoms. The second-order valence-electron chi connectivity index (χ2n) is 10.4. The Labute approximate surface area is 221 Å². The van der Waals surface area contributed by atoms with Gasteiger partial charge in [0.05, 0.1) is 26.1 Å². The minimum absolute atomic E-state index is 0.0406. The highest BCUT2D eigenvalue weighted by Crippen LogP contribution is 2.43. The van der Waals surface area contributed by atoms with Crippen LogP contribution in [0, 0.1) is 29.3 Å². The first-order valence-corrected chi connectivity index (χ1v) is 13.5. The Balaban J connectivity index is 1.28. The van der Waals surface area contributed by atoms with Crippen molar-refractivity contribution in [2.45, 2.75) is 89.6 Å². The molecule has 0 saturated heterocycles. The van der Waals surface area contributed by atoms with Crippen LogP contribution in [0.15, 0.2) is 24.3 Å². The van der Waals surface area contributed by atoms with Crippen molar-refractivity contribution in [1.82, 2.24) is 0 Å². The van der Waals surface area contributed by atoms with Gasteiger partial charge in [-0.05, 0) is 93.7 Å². The van der Waals surface area contributed by atoms with Crippen molar-refractivity contribution in [3.05, 3.63) is 47.3 Å². The van der Waals surface area contributed by atoms with Crippen LogP contribution < -0.4 is 0 Å². The zero-order chi connectivity index (χ0) is 27.7. The highest BCUT2D eigenvalue weighted by Gasteiger charge is 2.33. The van der Waals surface area contributed by atoms with Crippen LogP contribution in [-0.4, -0.2) is 37.2 Å². The van der Waals surface area contributed by atoms with E-state index in [0.29, 0.717) is 29.4 Å². The SMILES string of the molecule is C=C(C)C(=O)OCCCOC(=O)CCC(=O)OC1CCC(C2CCC(c3cc(F)c(F)c(F)c3)CC2)CC1. The van der Waals surface area contributed by atoms with Gasteiger partial charge in [0.15, 0.2) is 17.5 Å². The van der Waals surface area contributed by atoms with Crippen LogP contribution in [0.1, 0.15) is 89.0 Å². The summed E-state index contributed by atoms with van der Waals surface area (Å²) in [7, 11) is 0. The van der Waals surface area contributed by atoms with Crippen LogP contribution in [0.4, 0.5) is 13.2 Å². The average molecular weight is 539 g/mol. The van der Waals surface area contributed by atoms with Gasteiger partial charge in [0.1, 0.15) is 6.10 Å². The summed E-state index contributed by atoms with van der Waals surface area (Å²) in [6.07, 6.45) is 7.11. The molecule has 2 aliphatic rings. The number of rotatable bonds is 11. The third-order valence-electron chi connectivity index (χ3n) is 7.60. The van der Waals surface area contributed by atoms with E-state index in [1.165, 1.54) is 0 Å². The summed E-state index contributed by atoms with van der Waals surface area (Å²) in [5, 5.41) is 0. The lowest BCUT2D eigenvalue weighted by Crippen LogP contribution is -2.29. The molecule has 0 N–H and O–H groups in total. The summed E-state index contributed by atoms with van der Waals surface area (Å²) in [4.78, 5) is 35.3. The minimum Gasteiger partial charge on any atom is -0.466 e. The molecule has 2 aliphatic carbocycles. The largest absolute Gasteiger partial charge is 0.466 e. The molecular formula is C29H37F3O6. The van der Waals surface area contributed by atoms with E-state index in [1.54, 1.807) is 6.92 Å².